The Morgan fingerprint density at radius 1 is 1.67 bits per heavy atom. The van der Waals surface area contributed by atoms with Crippen molar-refractivity contribution >= 4 is 15.9 Å². The standard InChI is InChI=1S/C7H11BrO/c1-5-3-4-6(9-2)7(5)8/h6H,3-4H2,1-2H3/t6-/m0/s1. The largest absolute Gasteiger partial charge is 0.376 e. The van der Waals surface area contributed by atoms with Crippen molar-refractivity contribution in [3.63, 3.8) is 0 Å². The fourth-order valence-electron chi connectivity index (χ4n) is 1.09. The van der Waals surface area contributed by atoms with E-state index in [1.807, 2.05) is 0 Å². The van der Waals surface area contributed by atoms with Crippen LogP contribution in [0.5, 0.6) is 0 Å². The molecule has 1 nitrogen and oxygen atoms in total. The zero-order valence-electron chi connectivity index (χ0n) is 5.78. The summed E-state index contributed by atoms with van der Waals surface area (Å²) in [7, 11) is 1.75. The molecule has 1 aliphatic rings. The van der Waals surface area contributed by atoms with E-state index >= 15 is 0 Å². The van der Waals surface area contributed by atoms with Gasteiger partial charge in [-0.05, 0) is 19.8 Å². The molecule has 0 aromatic rings. The van der Waals surface area contributed by atoms with Crippen LogP contribution in [0.15, 0.2) is 10.1 Å². The second-order valence-electron chi connectivity index (χ2n) is 2.39. The molecule has 9 heavy (non-hydrogen) atoms. The maximum Gasteiger partial charge on any atom is 0.0888 e. The molecule has 52 valence electrons. The lowest BCUT2D eigenvalue weighted by atomic mass is 10.3. The third-order valence-corrected chi connectivity index (χ3v) is 2.94. The van der Waals surface area contributed by atoms with Crippen LogP contribution in [0.1, 0.15) is 19.8 Å². The highest BCUT2D eigenvalue weighted by atomic mass is 79.9. The van der Waals surface area contributed by atoms with Gasteiger partial charge in [0.15, 0.2) is 0 Å². The van der Waals surface area contributed by atoms with Crippen LogP contribution in [0, 0.1) is 0 Å². The summed E-state index contributed by atoms with van der Waals surface area (Å²) in [5, 5.41) is 0. The average molecular weight is 191 g/mol. The summed E-state index contributed by atoms with van der Waals surface area (Å²) in [6.45, 7) is 2.14. The van der Waals surface area contributed by atoms with Crippen LogP contribution in [-0.4, -0.2) is 13.2 Å². The first-order valence-electron chi connectivity index (χ1n) is 3.13. The first kappa shape index (κ1) is 7.29. The third kappa shape index (κ3) is 1.36. The Hall–Kier alpha value is 0.180. The normalized spacial score (nSPS) is 27.7. The Bertz CT molecular complexity index is 140. The number of rotatable bonds is 1. The minimum atomic E-state index is 0.338. The predicted octanol–water partition coefficient (Wildman–Crippen LogP) is 2.46. The fraction of sp³-hybridized carbons (Fsp3) is 0.714. The van der Waals surface area contributed by atoms with Crippen LogP contribution in [0.2, 0.25) is 0 Å². The summed E-state index contributed by atoms with van der Waals surface area (Å²) in [5.74, 6) is 0. The van der Waals surface area contributed by atoms with Gasteiger partial charge in [0.2, 0.25) is 0 Å². The van der Waals surface area contributed by atoms with Gasteiger partial charge in [-0.25, -0.2) is 0 Å². The van der Waals surface area contributed by atoms with E-state index in [0.717, 1.165) is 6.42 Å². The molecule has 1 atom stereocenters. The Morgan fingerprint density at radius 3 is 2.56 bits per heavy atom. The highest BCUT2D eigenvalue weighted by Crippen LogP contribution is 2.31. The summed E-state index contributed by atoms with van der Waals surface area (Å²) < 4.78 is 6.44. The maximum atomic E-state index is 5.19. The van der Waals surface area contributed by atoms with Gasteiger partial charge in [0.05, 0.1) is 6.10 Å². The molecule has 1 aliphatic carbocycles. The average Bonchev–Trinajstić information content (AvgIpc) is 2.15. The second-order valence-corrected chi connectivity index (χ2v) is 3.25. The van der Waals surface area contributed by atoms with Gasteiger partial charge >= 0.3 is 0 Å². The van der Waals surface area contributed by atoms with Crippen molar-refractivity contribution < 1.29 is 4.74 Å². The molecule has 0 aromatic carbocycles. The Kier molecular flexibility index (Phi) is 2.30. The zero-order chi connectivity index (χ0) is 6.85. The molecule has 0 N–H and O–H groups in total. The van der Waals surface area contributed by atoms with Crippen LogP contribution in [0.3, 0.4) is 0 Å². The molecule has 0 saturated carbocycles. The topological polar surface area (TPSA) is 9.23 Å². The minimum absolute atomic E-state index is 0.338. The quantitative estimate of drug-likeness (QED) is 0.618. The van der Waals surface area contributed by atoms with E-state index in [1.54, 1.807) is 7.11 Å². The molecule has 0 spiro atoms. The first-order chi connectivity index (χ1) is 4.25. The summed E-state index contributed by atoms with van der Waals surface area (Å²) >= 11 is 3.48. The van der Waals surface area contributed by atoms with Crippen LogP contribution in [0.4, 0.5) is 0 Å². The van der Waals surface area contributed by atoms with Gasteiger partial charge in [-0.2, -0.15) is 0 Å². The summed E-state index contributed by atoms with van der Waals surface area (Å²) in [5.41, 5.74) is 1.43. The highest BCUT2D eigenvalue weighted by molar-refractivity contribution is 9.11. The number of methoxy groups -OCH3 is 1. The van der Waals surface area contributed by atoms with Gasteiger partial charge in [0, 0.05) is 11.6 Å². The van der Waals surface area contributed by atoms with Gasteiger partial charge in [0.25, 0.3) is 0 Å². The predicted molar refractivity (Wildman–Crippen MR) is 41.7 cm³/mol. The molecular weight excluding hydrogens is 180 g/mol. The smallest absolute Gasteiger partial charge is 0.0888 e. The number of ether oxygens (including phenoxy) is 1. The molecule has 0 heterocycles. The molecule has 0 aliphatic heterocycles. The molecular formula is C7H11BrO. The molecule has 0 aromatic heterocycles. The van der Waals surface area contributed by atoms with Gasteiger partial charge in [0.1, 0.15) is 0 Å². The fourth-order valence-corrected chi connectivity index (χ4v) is 1.70. The van der Waals surface area contributed by atoms with Crippen LogP contribution < -0.4 is 0 Å². The summed E-state index contributed by atoms with van der Waals surface area (Å²) in [6.07, 6.45) is 2.66. The Balaban J connectivity index is 2.63. The van der Waals surface area contributed by atoms with E-state index in [9.17, 15) is 0 Å². The van der Waals surface area contributed by atoms with Gasteiger partial charge in [-0.15, -0.1) is 0 Å². The maximum absolute atomic E-state index is 5.19. The first-order valence-corrected chi connectivity index (χ1v) is 3.93. The number of allylic oxidation sites excluding steroid dienone is 1. The monoisotopic (exact) mass is 190 g/mol. The number of hydrogen-bond acceptors (Lipinski definition) is 1. The van der Waals surface area contributed by atoms with Crippen LogP contribution in [-0.2, 0) is 4.74 Å². The van der Waals surface area contributed by atoms with E-state index in [4.69, 9.17) is 4.74 Å². The Labute approximate surface area is 64.2 Å². The van der Waals surface area contributed by atoms with Crippen molar-refractivity contribution in [2.75, 3.05) is 7.11 Å². The van der Waals surface area contributed by atoms with Crippen molar-refractivity contribution in [2.24, 2.45) is 0 Å². The number of hydrogen-bond donors (Lipinski definition) is 0. The highest BCUT2D eigenvalue weighted by Gasteiger charge is 2.19. The summed E-state index contributed by atoms with van der Waals surface area (Å²) in [4.78, 5) is 0. The van der Waals surface area contributed by atoms with E-state index in [2.05, 4.69) is 22.9 Å². The van der Waals surface area contributed by atoms with Gasteiger partial charge < -0.3 is 4.74 Å². The lowest BCUT2D eigenvalue weighted by molar-refractivity contribution is 0.139. The molecule has 2 heteroatoms. The van der Waals surface area contributed by atoms with Crippen molar-refractivity contribution in [2.45, 2.75) is 25.9 Å². The van der Waals surface area contributed by atoms with Gasteiger partial charge in [-0.3, -0.25) is 0 Å². The van der Waals surface area contributed by atoms with Crippen LogP contribution in [0.25, 0.3) is 0 Å². The molecule has 0 bridgehead atoms. The lowest BCUT2D eigenvalue weighted by Gasteiger charge is -2.05. The van der Waals surface area contributed by atoms with E-state index in [1.165, 1.54) is 16.5 Å². The molecule has 0 unspecified atom stereocenters. The molecule has 0 amide bonds. The van der Waals surface area contributed by atoms with Crippen molar-refractivity contribution in [1.82, 2.24) is 0 Å². The zero-order valence-corrected chi connectivity index (χ0v) is 7.36. The van der Waals surface area contributed by atoms with Crippen molar-refractivity contribution in [3.05, 3.63) is 10.1 Å². The SMILES string of the molecule is CO[C@H]1CCC(C)=C1Br. The van der Waals surface area contributed by atoms with Crippen molar-refractivity contribution in [1.29, 1.82) is 0 Å². The molecule has 0 fully saturated rings. The number of halogens is 1. The van der Waals surface area contributed by atoms with Gasteiger partial charge in [-0.1, -0.05) is 21.5 Å². The third-order valence-electron chi connectivity index (χ3n) is 1.76. The summed E-state index contributed by atoms with van der Waals surface area (Å²) in [6, 6.07) is 0. The van der Waals surface area contributed by atoms with E-state index < -0.39 is 0 Å². The molecule has 0 radical (unpaired) electrons. The Morgan fingerprint density at radius 2 is 2.33 bits per heavy atom. The second kappa shape index (κ2) is 2.84. The minimum Gasteiger partial charge on any atom is -0.376 e. The van der Waals surface area contributed by atoms with E-state index in [0.29, 0.717) is 6.10 Å². The molecule has 0 saturated heterocycles. The lowest BCUT2D eigenvalue weighted by Crippen LogP contribution is -2.04. The molecule has 1 rings (SSSR count). The van der Waals surface area contributed by atoms with Crippen LogP contribution >= 0.6 is 15.9 Å². The van der Waals surface area contributed by atoms with E-state index in [-0.39, 0.29) is 0 Å². The van der Waals surface area contributed by atoms with Crippen molar-refractivity contribution in [3.8, 4) is 0 Å².